The summed E-state index contributed by atoms with van der Waals surface area (Å²) in [6, 6.07) is 34.0. The Labute approximate surface area is 192 Å². The summed E-state index contributed by atoms with van der Waals surface area (Å²) in [5, 5.41) is 3.13. The van der Waals surface area contributed by atoms with Crippen LogP contribution in [0.25, 0.3) is 22.3 Å². The highest BCUT2D eigenvalue weighted by molar-refractivity contribution is 7.80. The van der Waals surface area contributed by atoms with Crippen molar-refractivity contribution in [2.24, 2.45) is 0 Å². The van der Waals surface area contributed by atoms with E-state index in [4.69, 9.17) is 17.0 Å². The van der Waals surface area contributed by atoms with Crippen molar-refractivity contribution in [3.63, 3.8) is 0 Å². The van der Waals surface area contributed by atoms with E-state index in [1.165, 1.54) is 0 Å². The lowest BCUT2D eigenvalue weighted by atomic mass is 9.95. The Morgan fingerprint density at radius 3 is 1.72 bits per heavy atom. The third-order valence-electron chi connectivity index (χ3n) is 5.31. The lowest BCUT2D eigenvalue weighted by Crippen LogP contribution is -2.27. The normalized spacial score (nSPS) is 13.2. The highest BCUT2D eigenvalue weighted by Crippen LogP contribution is 2.44. The highest BCUT2D eigenvalue weighted by Gasteiger charge is 2.27. The summed E-state index contributed by atoms with van der Waals surface area (Å²) in [5.74, 6) is 1.40. The molecule has 0 bridgehead atoms. The van der Waals surface area contributed by atoms with Crippen LogP contribution in [0.3, 0.4) is 0 Å². The Morgan fingerprint density at radius 2 is 1.25 bits per heavy atom. The molecule has 4 aromatic rings. The molecular formula is C27H20N2O2S. The van der Waals surface area contributed by atoms with Gasteiger partial charge in [0.25, 0.3) is 0 Å². The fraction of sp³-hybridized carbons (Fsp3) is 0.0370. The van der Waals surface area contributed by atoms with Gasteiger partial charge in [-0.25, -0.2) is 0 Å². The first-order valence-corrected chi connectivity index (χ1v) is 10.7. The molecule has 1 N–H and O–H groups in total. The van der Waals surface area contributed by atoms with Gasteiger partial charge < -0.3 is 15.0 Å². The molecule has 5 rings (SSSR count). The Morgan fingerprint density at radius 1 is 0.750 bits per heavy atom. The molecule has 0 atom stereocenters. The summed E-state index contributed by atoms with van der Waals surface area (Å²) in [6.45, 7) is 0.195. The second-order valence-electron chi connectivity index (χ2n) is 7.46. The van der Waals surface area contributed by atoms with Gasteiger partial charge in [0, 0.05) is 16.8 Å². The van der Waals surface area contributed by atoms with Crippen molar-refractivity contribution in [2.45, 2.75) is 0 Å². The maximum absolute atomic E-state index is 12.0. The maximum atomic E-state index is 12.0. The van der Waals surface area contributed by atoms with Gasteiger partial charge in [-0.1, -0.05) is 78.9 Å². The fourth-order valence-electron chi connectivity index (χ4n) is 3.80. The van der Waals surface area contributed by atoms with Gasteiger partial charge in [0.05, 0.1) is 0 Å². The Bertz CT molecular complexity index is 1210. The number of nitrogens with one attached hydrogen (secondary N) is 1. The van der Waals surface area contributed by atoms with Crippen molar-refractivity contribution in [2.75, 3.05) is 11.4 Å². The van der Waals surface area contributed by atoms with Gasteiger partial charge in [-0.15, -0.1) is 0 Å². The summed E-state index contributed by atoms with van der Waals surface area (Å²) in [5.41, 5.74) is 4.72. The van der Waals surface area contributed by atoms with E-state index in [1.807, 2.05) is 83.8 Å². The number of para-hydroxylation sites is 1. The average molecular weight is 437 g/mol. The van der Waals surface area contributed by atoms with E-state index in [0.29, 0.717) is 5.11 Å². The molecular weight excluding hydrogens is 416 g/mol. The number of thiocarbonyl (C=S) groups is 1. The largest absolute Gasteiger partial charge is 0.456 e. The Hall–Kier alpha value is -3.96. The summed E-state index contributed by atoms with van der Waals surface area (Å²) in [4.78, 5) is 13.8. The fourth-order valence-corrected chi connectivity index (χ4v) is 4.08. The number of hydrogen-bond acceptors (Lipinski definition) is 3. The SMILES string of the molecule is O=C1CN(c2cc(-c3ccccc3)c(Oc3ccccc3)c(-c3ccccc3)c2)C(=S)N1. The van der Waals surface area contributed by atoms with Crippen LogP contribution in [0, 0.1) is 0 Å². The van der Waals surface area contributed by atoms with E-state index in [-0.39, 0.29) is 12.5 Å². The average Bonchev–Trinajstić information content (AvgIpc) is 3.18. The third-order valence-corrected chi connectivity index (χ3v) is 5.63. The molecule has 4 nitrogen and oxygen atoms in total. The van der Waals surface area contributed by atoms with Crippen LogP contribution < -0.4 is 15.0 Å². The Kier molecular flexibility index (Phi) is 5.40. The second-order valence-corrected chi connectivity index (χ2v) is 7.84. The number of rotatable bonds is 5. The molecule has 0 aliphatic carbocycles. The summed E-state index contributed by atoms with van der Waals surface area (Å²) in [6.07, 6.45) is 0. The van der Waals surface area contributed by atoms with Crippen molar-refractivity contribution in [3.05, 3.63) is 103 Å². The first-order valence-electron chi connectivity index (χ1n) is 10.3. The molecule has 0 unspecified atom stereocenters. The number of carbonyl (C=O) groups excluding carboxylic acids is 1. The summed E-state index contributed by atoms with van der Waals surface area (Å²) in [7, 11) is 0. The quantitative estimate of drug-likeness (QED) is 0.388. The van der Waals surface area contributed by atoms with Gasteiger partial charge in [-0.3, -0.25) is 4.79 Å². The highest BCUT2D eigenvalue weighted by atomic mass is 32.1. The molecule has 4 aromatic carbocycles. The molecule has 32 heavy (non-hydrogen) atoms. The molecule has 1 aliphatic rings. The summed E-state index contributed by atoms with van der Waals surface area (Å²) >= 11 is 5.42. The predicted octanol–water partition coefficient (Wildman–Crippen LogP) is 6.03. The molecule has 156 valence electrons. The van der Waals surface area contributed by atoms with Crippen molar-refractivity contribution in [1.29, 1.82) is 0 Å². The first-order chi connectivity index (χ1) is 15.7. The predicted molar refractivity (Wildman–Crippen MR) is 132 cm³/mol. The van der Waals surface area contributed by atoms with Gasteiger partial charge in [0.15, 0.2) is 5.11 Å². The smallest absolute Gasteiger partial charge is 0.246 e. The molecule has 0 saturated carbocycles. The van der Waals surface area contributed by atoms with E-state index in [1.54, 1.807) is 0 Å². The van der Waals surface area contributed by atoms with E-state index in [9.17, 15) is 4.79 Å². The molecule has 0 aromatic heterocycles. The number of carbonyl (C=O) groups is 1. The van der Waals surface area contributed by atoms with Crippen LogP contribution >= 0.6 is 12.2 Å². The maximum Gasteiger partial charge on any atom is 0.246 e. The summed E-state index contributed by atoms with van der Waals surface area (Å²) < 4.78 is 6.48. The van der Waals surface area contributed by atoms with Crippen molar-refractivity contribution >= 4 is 28.9 Å². The number of amides is 1. The molecule has 1 saturated heterocycles. The third kappa shape index (κ3) is 3.98. The first kappa shape index (κ1) is 20.0. The van der Waals surface area contributed by atoms with Crippen LogP contribution in [0.15, 0.2) is 103 Å². The van der Waals surface area contributed by atoms with Gasteiger partial charge in [0.1, 0.15) is 18.0 Å². The zero-order valence-corrected chi connectivity index (χ0v) is 18.0. The number of anilines is 1. The van der Waals surface area contributed by atoms with Gasteiger partial charge >= 0.3 is 0 Å². The lowest BCUT2D eigenvalue weighted by Gasteiger charge is -2.22. The zero-order valence-electron chi connectivity index (χ0n) is 17.2. The van der Waals surface area contributed by atoms with Gasteiger partial charge in [0.2, 0.25) is 5.91 Å². The molecule has 1 fully saturated rings. The molecule has 5 heteroatoms. The minimum Gasteiger partial charge on any atom is -0.456 e. The monoisotopic (exact) mass is 436 g/mol. The van der Waals surface area contributed by atoms with Crippen LogP contribution in [0.2, 0.25) is 0 Å². The van der Waals surface area contributed by atoms with Crippen LogP contribution in [0.1, 0.15) is 0 Å². The van der Waals surface area contributed by atoms with Gasteiger partial charge in [-0.05, 0) is 47.6 Å². The van der Waals surface area contributed by atoms with Crippen LogP contribution in [0.5, 0.6) is 11.5 Å². The zero-order chi connectivity index (χ0) is 21.9. The number of nitrogens with zero attached hydrogens (tertiary/aromatic N) is 1. The van der Waals surface area contributed by atoms with Gasteiger partial charge in [-0.2, -0.15) is 0 Å². The number of hydrogen-bond donors (Lipinski definition) is 1. The van der Waals surface area contributed by atoms with E-state index in [0.717, 1.165) is 39.4 Å². The minimum absolute atomic E-state index is 0.109. The van der Waals surface area contributed by atoms with Crippen molar-refractivity contribution in [1.82, 2.24) is 5.32 Å². The molecule has 1 amide bonds. The van der Waals surface area contributed by atoms with Crippen LogP contribution in [-0.4, -0.2) is 17.6 Å². The van der Waals surface area contributed by atoms with E-state index < -0.39 is 0 Å². The van der Waals surface area contributed by atoms with E-state index >= 15 is 0 Å². The topological polar surface area (TPSA) is 41.6 Å². The molecule has 1 aliphatic heterocycles. The number of benzene rings is 4. The molecule has 0 spiro atoms. The molecule has 1 heterocycles. The van der Waals surface area contributed by atoms with Crippen LogP contribution in [0.4, 0.5) is 5.69 Å². The van der Waals surface area contributed by atoms with Crippen molar-refractivity contribution < 1.29 is 9.53 Å². The minimum atomic E-state index is -0.109. The standard InChI is InChI=1S/C27H20N2O2S/c30-25-18-29(27(32)28-25)21-16-23(19-10-4-1-5-11-19)26(31-22-14-8-3-9-15-22)24(17-21)20-12-6-2-7-13-20/h1-17H,18H2,(H,28,30,32). The van der Waals surface area contributed by atoms with Crippen LogP contribution in [-0.2, 0) is 4.79 Å². The second kappa shape index (κ2) is 8.65. The van der Waals surface area contributed by atoms with E-state index in [2.05, 4.69) is 29.6 Å². The molecule has 0 radical (unpaired) electrons. The lowest BCUT2D eigenvalue weighted by molar-refractivity contribution is -0.117. The Balaban J connectivity index is 1.76. The number of ether oxygens (including phenoxy) is 1. The van der Waals surface area contributed by atoms with Crippen molar-refractivity contribution in [3.8, 4) is 33.8 Å².